The SMILES string of the molecule is CCCN(CC1CC1)c1ncnc(Cl)c1Br. The van der Waals surface area contributed by atoms with E-state index < -0.39 is 0 Å². The first-order valence-corrected chi connectivity index (χ1v) is 6.80. The van der Waals surface area contributed by atoms with Crippen molar-refractivity contribution in [1.82, 2.24) is 9.97 Å². The summed E-state index contributed by atoms with van der Waals surface area (Å²) in [7, 11) is 0. The maximum atomic E-state index is 5.99. The highest BCUT2D eigenvalue weighted by Crippen LogP contribution is 2.34. The fourth-order valence-corrected chi connectivity index (χ4v) is 2.31. The molecule has 1 aliphatic rings. The predicted molar refractivity (Wildman–Crippen MR) is 70.0 cm³/mol. The van der Waals surface area contributed by atoms with Crippen LogP contribution in [0.4, 0.5) is 5.82 Å². The van der Waals surface area contributed by atoms with Crippen molar-refractivity contribution >= 4 is 33.3 Å². The molecule has 5 heteroatoms. The highest BCUT2D eigenvalue weighted by molar-refractivity contribution is 9.10. The quantitative estimate of drug-likeness (QED) is 0.779. The molecule has 1 aromatic heterocycles. The first-order valence-electron chi connectivity index (χ1n) is 5.63. The molecular formula is C11H15BrClN3. The van der Waals surface area contributed by atoms with E-state index in [1.165, 1.54) is 19.2 Å². The van der Waals surface area contributed by atoms with Crippen LogP contribution in [0.15, 0.2) is 10.8 Å². The van der Waals surface area contributed by atoms with E-state index in [0.717, 1.165) is 35.7 Å². The van der Waals surface area contributed by atoms with Gasteiger partial charge >= 0.3 is 0 Å². The molecule has 0 atom stereocenters. The minimum atomic E-state index is 0.488. The summed E-state index contributed by atoms with van der Waals surface area (Å²) < 4.78 is 0.811. The zero-order valence-corrected chi connectivity index (χ0v) is 11.6. The predicted octanol–water partition coefficient (Wildman–Crippen LogP) is 3.52. The smallest absolute Gasteiger partial charge is 0.148 e. The zero-order valence-electron chi connectivity index (χ0n) is 9.29. The second-order valence-corrected chi connectivity index (χ2v) is 5.34. The molecule has 2 rings (SSSR count). The molecule has 0 amide bonds. The first kappa shape index (κ1) is 12.1. The Labute approximate surface area is 109 Å². The van der Waals surface area contributed by atoms with Gasteiger partial charge in [0.15, 0.2) is 0 Å². The van der Waals surface area contributed by atoms with Gasteiger partial charge in [-0.1, -0.05) is 18.5 Å². The van der Waals surface area contributed by atoms with Crippen LogP contribution in [0, 0.1) is 5.92 Å². The molecule has 0 unspecified atom stereocenters. The molecule has 88 valence electrons. The summed E-state index contributed by atoms with van der Waals surface area (Å²) in [6.07, 6.45) is 5.33. The van der Waals surface area contributed by atoms with Crippen molar-refractivity contribution in [2.75, 3.05) is 18.0 Å². The second-order valence-electron chi connectivity index (χ2n) is 4.19. The van der Waals surface area contributed by atoms with Crippen molar-refractivity contribution in [3.63, 3.8) is 0 Å². The Kier molecular flexibility index (Phi) is 4.03. The molecule has 0 saturated heterocycles. The third-order valence-corrected chi connectivity index (χ3v) is 3.94. The normalized spacial score (nSPS) is 15.2. The molecule has 3 nitrogen and oxygen atoms in total. The average molecular weight is 305 g/mol. The lowest BCUT2D eigenvalue weighted by Gasteiger charge is -2.24. The molecule has 0 bridgehead atoms. The minimum absolute atomic E-state index is 0.488. The lowest BCUT2D eigenvalue weighted by atomic mass is 10.3. The van der Waals surface area contributed by atoms with Crippen LogP contribution in [0.1, 0.15) is 26.2 Å². The molecule has 1 heterocycles. The fourth-order valence-electron chi connectivity index (χ4n) is 1.73. The molecule has 0 radical (unpaired) electrons. The molecule has 16 heavy (non-hydrogen) atoms. The van der Waals surface area contributed by atoms with Gasteiger partial charge in [-0.2, -0.15) is 0 Å². The van der Waals surface area contributed by atoms with Gasteiger partial charge in [-0.3, -0.25) is 0 Å². The Bertz CT molecular complexity index is 368. The van der Waals surface area contributed by atoms with Crippen LogP contribution in [-0.2, 0) is 0 Å². The maximum Gasteiger partial charge on any atom is 0.148 e. The van der Waals surface area contributed by atoms with Gasteiger partial charge in [-0.05, 0) is 41.1 Å². The van der Waals surface area contributed by atoms with Gasteiger partial charge in [0.05, 0.1) is 4.47 Å². The zero-order chi connectivity index (χ0) is 11.5. The van der Waals surface area contributed by atoms with Gasteiger partial charge in [-0.15, -0.1) is 0 Å². The molecule has 1 aliphatic carbocycles. The number of anilines is 1. The lowest BCUT2D eigenvalue weighted by Crippen LogP contribution is -2.27. The summed E-state index contributed by atoms with van der Waals surface area (Å²) in [4.78, 5) is 10.6. The number of hydrogen-bond donors (Lipinski definition) is 0. The number of hydrogen-bond acceptors (Lipinski definition) is 3. The van der Waals surface area contributed by atoms with Crippen molar-refractivity contribution in [3.8, 4) is 0 Å². The van der Waals surface area contributed by atoms with Crippen LogP contribution < -0.4 is 4.90 Å². The molecule has 0 N–H and O–H groups in total. The summed E-state index contributed by atoms with van der Waals surface area (Å²) in [6, 6.07) is 0. The largest absolute Gasteiger partial charge is 0.355 e. The Morgan fingerprint density at radius 3 is 2.88 bits per heavy atom. The second kappa shape index (κ2) is 5.32. The fraction of sp³-hybridized carbons (Fsp3) is 0.636. The molecule has 0 aliphatic heterocycles. The Morgan fingerprint density at radius 2 is 2.25 bits per heavy atom. The van der Waals surface area contributed by atoms with Crippen LogP contribution >= 0.6 is 27.5 Å². The third kappa shape index (κ3) is 2.86. The van der Waals surface area contributed by atoms with E-state index in [9.17, 15) is 0 Å². The van der Waals surface area contributed by atoms with Crippen molar-refractivity contribution in [2.24, 2.45) is 5.92 Å². The van der Waals surface area contributed by atoms with Crippen LogP contribution in [0.3, 0.4) is 0 Å². The minimum Gasteiger partial charge on any atom is -0.355 e. The number of nitrogens with zero attached hydrogens (tertiary/aromatic N) is 3. The van der Waals surface area contributed by atoms with Gasteiger partial charge in [0.2, 0.25) is 0 Å². The van der Waals surface area contributed by atoms with Crippen LogP contribution in [-0.4, -0.2) is 23.1 Å². The van der Waals surface area contributed by atoms with E-state index in [1.807, 2.05) is 0 Å². The molecular weight excluding hydrogens is 289 g/mol. The van der Waals surface area contributed by atoms with Crippen LogP contribution in [0.5, 0.6) is 0 Å². The first-order chi connectivity index (χ1) is 7.72. The highest BCUT2D eigenvalue weighted by Gasteiger charge is 2.25. The van der Waals surface area contributed by atoms with Gasteiger partial charge in [0, 0.05) is 13.1 Å². The lowest BCUT2D eigenvalue weighted by molar-refractivity contribution is 0.696. The van der Waals surface area contributed by atoms with E-state index in [0.29, 0.717) is 5.15 Å². The van der Waals surface area contributed by atoms with E-state index in [-0.39, 0.29) is 0 Å². The summed E-state index contributed by atoms with van der Waals surface area (Å²) in [5, 5.41) is 0.488. The van der Waals surface area contributed by atoms with E-state index >= 15 is 0 Å². The highest BCUT2D eigenvalue weighted by atomic mass is 79.9. The molecule has 1 fully saturated rings. The van der Waals surface area contributed by atoms with E-state index in [2.05, 4.69) is 37.7 Å². The van der Waals surface area contributed by atoms with E-state index in [1.54, 1.807) is 0 Å². The van der Waals surface area contributed by atoms with Gasteiger partial charge in [0.1, 0.15) is 17.3 Å². The van der Waals surface area contributed by atoms with Crippen LogP contribution in [0.2, 0.25) is 5.15 Å². The number of halogens is 2. The Balaban J connectivity index is 2.18. The van der Waals surface area contributed by atoms with Crippen LogP contribution in [0.25, 0.3) is 0 Å². The van der Waals surface area contributed by atoms with E-state index in [4.69, 9.17) is 11.6 Å². The number of aromatic nitrogens is 2. The van der Waals surface area contributed by atoms with Crippen molar-refractivity contribution in [2.45, 2.75) is 26.2 Å². The number of rotatable bonds is 5. The third-order valence-electron chi connectivity index (χ3n) is 2.70. The summed E-state index contributed by atoms with van der Waals surface area (Å²) in [6.45, 7) is 4.28. The van der Waals surface area contributed by atoms with Gasteiger partial charge in [0.25, 0.3) is 0 Å². The topological polar surface area (TPSA) is 29.0 Å². The molecule has 1 aromatic rings. The van der Waals surface area contributed by atoms with Gasteiger partial charge < -0.3 is 4.90 Å². The van der Waals surface area contributed by atoms with Crippen molar-refractivity contribution in [1.29, 1.82) is 0 Å². The standard InChI is InChI=1S/C11H15BrClN3/c1-2-5-16(6-8-3-4-8)11-9(12)10(13)14-7-15-11/h7-8H,2-6H2,1H3. The summed E-state index contributed by atoms with van der Waals surface area (Å²) in [5.74, 6) is 1.76. The molecule has 0 spiro atoms. The Hall–Kier alpha value is -0.350. The summed E-state index contributed by atoms with van der Waals surface area (Å²) >= 11 is 9.45. The average Bonchev–Trinajstić information content (AvgIpc) is 3.06. The Morgan fingerprint density at radius 1 is 1.50 bits per heavy atom. The van der Waals surface area contributed by atoms with Gasteiger partial charge in [-0.25, -0.2) is 9.97 Å². The molecule has 0 aromatic carbocycles. The summed E-state index contributed by atoms with van der Waals surface area (Å²) in [5.41, 5.74) is 0. The molecule has 1 saturated carbocycles. The maximum absolute atomic E-state index is 5.99. The van der Waals surface area contributed by atoms with Crippen molar-refractivity contribution in [3.05, 3.63) is 16.0 Å². The van der Waals surface area contributed by atoms with Crippen molar-refractivity contribution < 1.29 is 0 Å². The monoisotopic (exact) mass is 303 g/mol.